The lowest BCUT2D eigenvalue weighted by Crippen LogP contribution is -2.35. The van der Waals surface area contributed by atoms with E-state index >= 15 is 0 Å². The maximum Gasteiger partial charge on any atom is 0.160 e. The molecule has 1 atom stereocenters. The van der Waals surface area contributed by atoms with E-state index in [-0.39, 0.29) is 6.17 Å². The summed E-state index contributed by atoms with van der Waals surface area (Å²) in [5.41, 5.74) is 6.44. The van der Waals surface area contributed by atoms with Crippen molar-refractivity contribution < 1.29 is 8.83 Å². The minimum Gasteiger partial charge on any atom is -0.456 e. The first-order chi connectivity index (χ1) is 19.2. The predicted molar refractivity (Wildman–Crippen MR) is 157 cm³/mol. The molecule has 5 aromatic carbocycles. The first-order valence-electron chi connectivity index (χ1n) is 13.0. The van der Waals surface area contributed by atoms with Crippen molar-refractivity contribution in [3.8, 4) is 0 Å². The van der Waals surface area contributed by atoms with Crippen molar-refractivity contribution in [1.29, 1.82) is 0 Å². The summed E-state index contributed by atoms with van der Waals surface area (Å²) in [6, 6.07) is 39.0. The lowest BCUT2D eigenvalue weighted by molar-refractivity contribution is 0.383. The molecule has 1 aliphatic rings. The Morgan fingerprint density at radius 3 is 2.13 bits per heavy atom. The van der Waals surface area contributed by atoms with Crippen LogP contribution in [0.1, 0.15) is 22.9 Å². The Balaban J connectivity index is 1.35. The lowest BCUT2D eigenvalue weighted by Gasteiger charge is -2.32. The molecule has 2 aromatic heterocycles. The molecular weight excluding hydrogens is 482 g/mol. The number of rotatable bonds is 3. The standard InChI is InChI=1S/C34H23N3O2/c1-37-33(21-10-3-2-4-11-21)35-32(26-14-9-17-29-31(26)25-13-6-8-16-28(25)38-29)36-34(37)22-18-19-24-23-12-5-7-15-27(23)39-30(24)20-22/h2-20,34H,1H3. The second-order valence-corrected chi connectivity index (χ2v) is 9.87. The Hall–Kier alpha value is -5.16. The van der Waals surface area contributed by atoms with Crippen LogP contribution in [0.2, 0.25) is 0 Å². The number of benzene rings is 5. The minimum atomic E-state index is -0.293. The van der Waals surface area contributed by atoms with Crippen molar-refractivity contribution >= 4 is 55.5 Å². The van der Waals surface area contributed by atoms with Crippen LogP contribution in [0.4, 0.5) is 0 Å². The number of nitrogens with zero attached hydrogens (tertiary/aromatic N) is 3. The van der Waals surface area contributed by atoms with Crippen LogP contribution < -0.4 is 0 Å². The molecule has 0 N–H and O–H groups in total. The van der Waals surface area contributed by atoms with Gasteiger partial charge in [0.1, 0.15) is 28.2 Å². The zero-order valence-electron chi connectivity index (χ0n) is 21.2. The molecule has 0 spiro atoms. The molecule has 1 aliphatic heterocycles. The van der Waals surface area contributed by atoms with Gasteiger partial charge in [0, 0.05) is 45.3 Å². The number of fused-ring (bicyclic) bond motifs is 6. The van der Waals surface area contributed by atoms with Crippen molar-refractivity contribution in [1.82, 2.24) is 4.90 Å². The number of hydrogen-bond donors (Lipinski definition) is 0. The molecule has 0 aliphatic carbocycles. The summed E-state index contributed by atoms with van der Waals surface area (Å²) in [5, 5.41) is 4.30. The molecule has 8 rings (SSSR count). The van der Waals surface area contributed by atoms with Gasteiger partial charge in [-0.05, 0) is 24.3 Å². The van der Waals surface area contributed by atoms with Gasteiger partial charge < -0.3 is 13.7 Å². The highest BCUT2D eigenvalue weighted by atomic mass is 16.3. The molecule has 0 bridgehead atoms. The van der Waals surface area contributed by atoms with Crippen LogP contribution >= 0.6 is 0 Å². The Kier molecular flexibility index (Phi) is 4.73. The van der Waals surface area contributed by atoms with E-state index in [0.29, 0.717) is 5.84 Å². The molecule has 1 unspecified atom stereocenters. The highest BCUT2D eigenvalue weighted by Crippen LogP contribution is 2.36. The van der Waals surface area contributed by atoms with Gasteiger partial charge in [0.2, 0.25) is 0 Å². The molecule has 0 radical (unpaired) electrons. The van der Waals surface area contributed by atoms with Gasteiger partial charge in [-0.15, -0.1) is 0 Å². The monoisotopic (exact) mass is 505 g/mol. The Labute approximate surface area is 224 Å². The first kappa shape index (κ1) is 21.9. The SMILES string of the molecule is CN1C(c2ccccc2)=NC(c2cccc3oc4ccccc4c23)=NC1c1ccc2c(c1)oc1ccccc12. The average Bonchev–Trinajstić information content (AvgIpc) is 3.55. The molecule has 0 fully saturated rings. The van der Waals surface area contributed by atoms with Crippen LogP contribution in [0, 0.1) is 0 Å². The molecule has 39 heavy (non-hydrogen) atoms. The average molecular weight is 506 g/mol. The van der Waals surface area contributed by atoms with Gasteiger partial charge >= 0.3 is 0 Å². The third-order valence-corrected chi connectivity index (χ3v) is 7.53. The number of furan rings is 2. The van der Waals surface area contributed by atoms with E-state index in [4.69, 9.17) is 18.8 Å². The van der Waals surface area contributed by atoms with E-state index in [1.54, 1.807) is 0 Å². The fourth-order valence-corrected chi connectivity index (χ4v) is 5.67. The Morgan fingerprint density at radius 2 is 1.28 bits per heavy atom. The minimum absolute atomic E-state index is 0.293. The lowest BCUT2D eigenvalue weighted by atomic mass is 10.0. The zero-order chi connectivity index (χ0) is 25.9. The number of para-hydroxylation sites is 2. The van der Waals surface area contributed by atoms with Gasteiger partial charge in [-0.2, -0.15) is 0 Å². The van der Waals surface area contributed by atoms with Gasteiger partial charge in [0.05, 0.1) is 0 Å². The van der Waals surface area contributed by atoms with Crippen molar-refractivity contribution in [3.05, 3.63) is 132 Å². The third-order valence-electron chi connectivity index (χ3n) is 7.53. The molecule has 3 heterocycles. The molecule has 0 amide bonds. The summed E-state index contributed by atoms with van der Waals surface area (Å²) in [7, 11) is 2.05. The van der Waals surface area contributed by atoms with E-state index in [2.05, 4.69) is 53.4 Å². The van der Waals surface area contributed by atoms with Crippen molar-refractivity contribution in [2.24, 2.45) is 9.98 Å². The van der Waals surface area contributed by atoms with Gasteiger partial charge in [-0.1, -0.05) is 91.0 Å². The summed E-state index contributed by atoms with van der Waals surface area (Å²) < 4.78 is 12.4. The maximum atomic E-state index is 6.23. The summed E-state index contributed by atoms with van der Waals surface area (Å²) >= 11 is 0. The largest absolute Gasteiger partial charge is 0.456 e. The molecule has 7 aromatic rings. The van der Waals surface area contributed by atoms with Crippen LogP contribution in [-0.2, 0) is 0 Å². The topological polar surface area (TPSA) is 54.2 Å². The third kappa shape index (κ3) is 3.40. The molecule has 5 heteroatoms. The fraction of sp³-hybridized carbons (Fsp3) is 0.0588. The molecule has 0 saturated heterocycles. The molecule has 0 saturated carbocycles. The summed E-state index contributed by atoms with van der Waals surface area (Å²) in [5.74, 6) is 1.54. The van der Waals surface area contributed by atoms with Gasteiger partial charge in [-0.3, -0.25) is 0 Å². The summed E-state index contributed by atoms with van der Waals surface area (Å²) in [4.78, 5) is 12.5. The van der Waals surface area contributed by atoms with Crippen LogP contribution in [0.15, 0.2) is 134 Å². The van der Waals surface area contributed by atoms with Crippen LogP contribution in [0.3, 0.4) is 0 Å². The second kappa shape index (κ2) is 8.43. The molecule has 5 nitrogen and oxygen atoms in total. The van der Waals surface area contributed by atoms with Gasteiger partial charge in [0.15, 0.2) is 12.0 Å². The van der Waals surface area contributed by atoms with E-state index < -0.39 is 0 Å². The van der Waals surface area contributed by atoms with Crippen LogP contribution in [-0.4, -0.2) is 23.6 Å². The zero-order valence-corrected chi connectivity index (χ0v) is 21.2. The fourth-order valence-electron chi connectivity index (χ4n) is 5.67. The number of hydrogen-bond acceptors (Lipinski definition) is 5. The van der Waals surface area contributed by atoms with Crippen molar-refractivity contribution in [2.75, 3.05) is 7.05 Å². The summed E-state index contributed by atoms with van der Waals surface area (Å²) in [6.07, 6.45) is -0.293. The van der Waals surface area contributed by atoms with E-state index in [9.17, 15) is 0 Å². The van der Waals surface area contributed by atoms with Crippen LogP contribution in [0.5, 0.6) is 0 Å². The van der Waals surface area contributed by atoms with E-state index in [0.717, 1.165) is 66.4 Å². The van der Waals surface area contributed by atoms with Crippen LogP contribution in [0.25, 0.3) is 43.9 Å². The number of aliphatic imine (C=N–C) groups is 2. The summed E-state index contributed by atoms with van der Waals surface area (Å²) in [6.45, 7) is 0. The van der Waals surface area contributed by atoms with E-state index in [1.165, 1.54) is 0 Å². The quantitative estimate of drug-likeness (QED) is 0.243. The Bertz CT molecular complexity index is 2100. The predicted octanol–water partition coefficient (Wildman–Crippen LogP) is 8.32. The normalized spacial score (nSPS) is 15.8. The highest BCUT2D eigenvalue weighted by molar-refractivity contribution is 6.21. The smallest absolute Gasteiger partial charge is 0.160 e. The molecular formula is C34H23N3O2. The number of amidine groups is 2. The van der Waals surface area contributed by atoms with Crippen molar-refractivity contribution in [2.45, 2.75) is 6.17 Å². The maximum absolute atomic E-state index is 6.23. The first-order valence-corrected chi connectivity index (χ1v) is 13.0. The van der Waals surface area contributed by atoms with Gasteiger partial charge in [-0.25, -0.2) is 9.98 Å². The second-order valence-electron chi connectivity index (χ2n) is 9.87. The van der Waals surface area contributed by atoms with Crippen molar-refractivity contribution in [3.63, 3.8) is 0 Å². The van der Waals surface area contributed by atoms with Gasteiger partial charge in [0.25, 0.3) is 0 Å². The van der Waals surface area contributed by atoms with E-state index in [1.807, 2.05) is 73.8 Å². The highest BCUT2D eigenvalue weighted by Gasteiger charge is 2.28. The molecule has 186 valence electrons. The Morgan fingerprint density at radius 1 is 0.615 bits per heavy atom.